The molecular formula is C20H25N5O4S. The monoisotopic (exact) mass is 431 g/mol. The lowest BCUT2D eigenvalue weighted by atomic mass is 10.2. The first-order chi connectivity index (χ1) is 14.1. The minimum Gasteiger partial charge on any atom is -0.377 e. The van der Waals surface area contributed by atoms with Gasteiger partial charge in [-0.2, -0.15) is 0 Å². The van der Waals surface area contributed by atoms with Crippen molar-refractivity contribution >= 4 is 32.4 Å². The van der Waals surface area contributed by atoms with Gasteiger partial charge >= 0.3 is 0 Å². The molecule has 0 radical (unpaired) electrons. The molecule has 0 amide bonds. The van der Waals surface area contributed by atoms with Crippen LogP contribution in [0.15, 0.2) is 41.3 Å². The van der Waals surface area contributed by atoms with Gasteiger partial charge < -0.3 is 9.88 Å². The molecule has 9 nitrogen and oxygen atoms in total. The SMILES string of the molecule is CCCn1c(CNc2cc([N+](=O)[O-])ccc2C)nc2cc(S(=O)(=O)N(C)C)ccc21. The number of benzene rings is 2. The van der Waals surface area contributed by atoms with E-state index in [0.29, 0.717) is 17.7 Å². The minimum absolute atomic E-state index is 0.0173. The largest absolute Gasteiger partial charge is 0.377 e. The van der Waals surface area contributed by atoms with E-state index in [1.54, 1.807) is 24.3 Å². The number of nitrogens with zero attached hydrogens (tertiary/aromatic N) is 4. The number of rotatable bonds is 8. The molecule has 1 aromatic heterocycles. The van der Waals surface area contributed by atoms with E-state index in [2.05, 4.69) is 17.2 Å². The van der Waals surface area contributed by atoms with Gasteiger partial charge in [0.1, 0.15) is 5.82 Å². The van der Waals surface area contributed by atoms with Crippen molar-refractivity contribution in [3.8, 4) is 0 Å². The van der Waals surface area contributed by atoms with Crippen LogP contribution in [0, 0.1) is 17.0 Å². The molecule has 1 N–H and O–H groups in total. The predicted octanol–water partition coefficient (Wildman–Crippen LogP) is 3.53. The molecule has 0 atom stereocenters. The van der Waals surface area contributed by atoms with Crippen LogP contribution in [0.5, 0.6) is 0 Å². The molecule has 0 aliphatic heterocycles. The molecule has 0 unspecified atom stereocenters. The van der Waals surface area contributed by atoms with E-state index in [1.165, 1.54) is 30.5 Å². The number of nitro benzene ring substituents is 1. The zero-order valence-corrected chi connectivity index (χ0v) is 18.2. The fraction of sp³-hybridized carbons (Fsp3) is 0.350. The van der Waals surface area contributed by atoms with Gasteiger partial charge in [-0.25, -0.2) is 17.7 Å². The molecule has 0 aliphatic rings. The van der Waals surface area contributed by atoms with Crippen LogP contribution >= 0.6 is 0 Å². The zero-order chi connectivity index (χ0) is 22.1. The Hall–Kier alpha value is -2.98. The summed E-state index contributed by atoms with van der Waals surface area (Å²) < 4.78 is 28.1. The highest BCUT2D eigenvalue weighted by molar-refractivity contribution is 7.89. The maximum atomic E-state index is 12.5. The van der Waals surface area contributed by atoms with Crippen LogP contribution in [-0.4, -0.2) is 41.3 Å². The Labute approximate surface area is 175 Å². The van der Waals surface area contributed by atoms with Gasteiger partial charge in [0.2, 0.25) is 10.0 Å². The van der Waals surface area contributed by atoms with Crippen molar-refractivity contribution in [1.29, 1.82) is 0 Å². The number of hydrogen-bond donors (Lipinski definition) is 1. The van der Waals surface area contributed by atoms with Crippen LogP contribution in [-0.2, 0) is 23.1 Å². The van der Waals surface area contributed by atoms with Gasteiger partial charge in [0.25, 0.3) is 5.69 Å². The van der Waals surface area contributed by atoms with Crippen molar-refractivity contribution in [2.75, 3.05) is 19.4 Å². The zero-order valence-electron chi connectivity index (χ0n) is 17.4. The van der Waals surface area contributed by atoms with Crippen LogP contribution in [0.1, 0.15) is 24.7 Å². The number of aromatic nitrogens is 2. The standard InChI is InChI=1S/C20H25N5O4S/c1-5-10-24-19-9-8-16(30(28,29)23(3)4)12-18(19)22-20(24)13-21-17-11-15(25(26)27)7-6-14(17)2/h6-9,11-12,21H,5,10,13H2,1-4H3. The predicted molar refractivity (Wildman–Crippen MR) is 116 cm³/mol. The van der Waals surface area contributed by atoms with Gasteiger partial charge in [0.05, 0.1) is 27.4 Å². The maximum Gasteiger partial charge on any atom is 0.271 e. The highest BCUT2D eigenvalue weighted by Gasteiger charge is 2.20. The average Bonchev–Trinajstić information content (AvgIpc) is 3.04. The minimum atomic E-state index is -3.55. The fourth-order valence-electron chi connectivity index (χ4n) is 3.23. The fourth-order valence-corrected chi connectivity index (χ4v) is 4.15. The number of imidazole rings is 1. The van der Waals surface area contributed by atoms with E-state index >= 15 is 0 Å². The van der Waals surface area contributed by atoms with Crippen molar-refractivity contribution in [3.63, 3.8) is 0 Å². The van der Waals surface area contributed by atoms with E-state index in [0.717, 1.165) is 29.9 Å². The molecule has 0 aliphatic carbocycles. The van der Waals surface area contributed by atoms with Crippen LogP contribution in [0.2, 0.25) is 0 Å². The molecule has 0 saturated heterocycles. The van der Waals surface area contributed by atoms with Gasteiger partial charge in [0, 0.05) is 38.5 Å². The molecule has 0 fully saturated rings. The smallest absolute Gasteiger partial charge is 0.271 e. The summed E-state index contributed by atoms with van der Waals surface area (Å²) in [6, 6.07) is 9.63. The first-order valence-corrected chi connectivity index (χ1v) is 11.0. The Bertz CT molecular complexity index is 1200. The Balaban J connectivity index is 1.98. The molecule has 0 saturated carbocycles. The summed E-state index contributed by atoms with van der Waals surface area (Å²) in [6.45, 7) is 5.01. The number of nitro groups is 1. The lowest BCUT2D eigenvalue weighted by Crippen LogP contribution is -2.22. The summed E-state index contributed by atoms with van der Waals surface area (Å²) in [5.74, 6) is 0.733. The normalized spacial score (nSPS) is 11.9. The van der Waals surface area contributed by atoms with Gasteiger partial charge in [-0.05, 0) is 37.1 Å². The Morgan fingerprint density at radius 1 is 1.20 bits per heavy atom. The van der Waals surface area contributed by atoms with Crippen molar-refractivity contribution in [2.45, 2.75) is 38.3 Å². The van der Waals surface area contributed by atoms with Gasteiger partial charge in [-0.1, -0.05) is 13.0 Å². The van der Waals surface area contributed by atoms with E-state index < -0.39 is 14.9 Å². The number of anilines is 1. The number of fused-ring (bicyclic) bond motifs is 1. The van der Waals surface area contributed by atoms with Gasteiger partial charge in [0.15, 0.2) is 0 Å². The van der Waals surface area contributed by atoms with Gasteiger partial charge in [-0.3, -0.25) is 10.1 Å². The summed E-state index contributed by atoms with van der Waals surface area (Å²) in [4.78, 5) is 15.5. The molecular weight excluding hydrogens is 406 g/mol. The first-order valence-electron chi connectivity index (χ1n) is 9.55. The number of hydrogen-bond acceptors (Lipinski definition) is 6. The summed E-state index contributed by atoms with van der Waals surface area (Å²) in [7, 11) is -0.569. The summed E-state index contributed by atoms with van der Waals surface area (Å²) >= 11 is 0. The highest BCUT2D eigenvalue weighted by Crippen LogP contribution is 2.25. The topological polar surface area (TPSA) is 110 Å². The summed E-state index contributed by atoms with van der Waals surface area (Å²) in [6.07, 6.45) is 0.881. The van der Waals surface area contributed by atoms with E-state index in [9.17, 15) is 18.5 Å². The van der Waals surface area contributed by atoms with Crippen molar-refractivity contribution in [3.05, 3.63) is 57.9 Å². The summed E-state index contributed by atoms with van der Waals surface area (Å²) in [5.41, 5.74) is 3.01. The lowest BCUT2D eigenvalue weighted by molar-refractivity contribution is -0.384. The van der Waals surface area contributed by atoms with Crippen LogP contribution in [0.3, 0.4) is 0 Å². The second kappa shape index (κ2) is 8.41. The Kier molecular flexibility index (Phi) is 6.09. The molecule has 0 spiro atoms. The second-order valence-electron chi connectivity index (χ2n) is 7.23. The molecule has 30 heavy (non-hydrogen) atoms. The van der Waals surface area contributed by atoms with Crippen molar-refractivity contribution < 1.29 is 13.3 Å². The molecule has 10 heteroatoms. The molecule has 3 aromatic rings. The lowest BCUT2D eigenvalue weighted by Gasteiger charge is -2.12. The first kappa shape index (κ1) is 21.7. The van der Waals surface area contributed by atoms with E-state index in [-0.39, 0.29) is 10.6 Å². The molecule has 3 rings (SSSR count). The van der Waals surface area contributed by atoms with Crippen LogP contribution in [0.25, 0.3) is 11.0 Å². The number of nitrogens with one attached hydrogen (secondary N) is 1. The van der Waals surface area contributed by atoms with Crippen LogP contribution in [0.4, 0.5) is 11.4 Å². The molecule has 160 valence electrons. The molecule has 0 bridgehead atoms. The number of aryl methyl sites for hydroxylation is 2. The van der Waals surface area contributed by atoms with Crippen molar-refractivity contribution in [1.82, 2.24) is 13.9 Å². The number of sulfonamides is 1. The third-order valence-electron chi connectivity index (χ3n) is 4.89. The molecule has 2 aromatic carbocycles. The van der Waals surface area contributed by atoms with Crippen LogP contribution < -0.4 is 5.32 Å². The second-order valence-corrected chi connectivity index (χ2v) is 9.38. The quantitative estimate of drug-likeness (QED) is 0.432. The Morgan fingerprint density at radius 2 is 1.93 bits per heavy atom. The van der Waals surface area contributed by atoms with Crippen molar-refractivity contribution in [2.24, 2.45) is 0 Å². The molecule has 1 heterocycles. The third kappa shape index (κ3) is 4.14. The third-order valence-corrected chi connectivity index (χ3v) is 6.70. The highest BCUT2D eigenvalue weighted by atomic mass is 32.2. The van der Waals surface area contributed by atoms with Gasteiger partial charge in [-0.15, -0.1) is 0 Å². The Morgan fingerprint density at radius 3 is 2.57 bits per heavy atom. The van der Waals surface area contributed by atoms with E-state index in [1.807, 2.05) is 11.5 Å². The summed E-state index contributed by atoms with van der Waals surface area (Å²) in [5, 5.41) is 14.3. The van der Waals surface area contributed by atoms with E-state index in [4.69, 9.17) is 0 Å². The average molecular weight is 432 g/mol. The number of non-ortho nitro benzene ring substituents is 1. The maximum absolute atomic E-state index is 12.5.